The van der Waals surface area contributed by atoms with Crippen molar-refractivity contribution >= 4 is 33.0 Å². The molecule has 0 aliphatic heterocycles. The van der Waals surface area contributed by atoms with Gasteiger partial charge in [0.05, 0.1) is 5.75 Å². The van der Waals surface area contributed by atoms with Crippen LogP contribution < -0.4 is 5.32 Å². The van der Waals surface area contributed by atoms with Gasteiger partial charge in [0.15, 0.2) is 0 Å². The molecule has 0 heterocycles. The normalized spacial score (nSPS) is 15.4. The minimum absolute atomic E-state index is 0.0356. The Kier molecular flexibility index (Phi) is 5.46. The SMILES string of the molecule is CC(CS(C)(=O)=O)NC(C)c1ccc(Cl)cc1Cl. The van der Waals surface area contributed by atoms with Crippen LogP contribution in [-0.2, 0) is 9.84 Å². The molecule has 2 atom stereocenters. The van der Waals surface area contributed by atoms with Gasteiger partial charge in [0.1, 0.15) is 9.84 Å². The zero-order valence-corrected chi connectivity index (χ0v) is 12.9. The summed E-state index contributed by atoms with van der Waals surface area (Å²) < 4.78 is 22.4. The van der Waals surface area contributed by atoms with E-state index in [-0.39, 0.29) is 17.8 Å². The highest BCUT2D eigenvalue weighted by Gasteiger charge is 2.15. The monoisotopic (exact) mass is 309 g/mol. The van der Waals surface area contributed by atoms with Crippen LogP contribution in [0, 0.1) is 0 Å². The second-order valence-electron chi connectivity index (χ2n) is 4.55. The van der Waals surface area contributed by atoms with Crippen molar-refractivity contribution in [2.75, 3.05) is 12.0 Å². The second-order valence-corrected chi connectivity index (χ2v) is 7.58. The third kappa shape index (κ3) is 5.14. The molecular weight excluding hydrogens is 293 g/mol. The average Bonchev–Trinajstić information content (AvgIpc) is 2.13. The fourth-order valence-corrected chi connectivity index (χ4v) is 3.45. The molecule has 0 fully saturated rings. The van der Waals surface area contributed by atoms with E-state index >= 15 is 0 Å². The Morgan fingerprint density at radius 3 is 2.39 bits per heavy atom. The molecule has 6 heteroatoms. The summed E-state index contributed by atoms with van der Waals surface area (Å²) >= 11 is 11.9. The maximum atomic E-state index is 11.2. The van der Waals surface area contributed by atoms with Crippen LogP contribution >= 0.6 is 23.2 Å². The summed E-state index contributed by atoms with van der Waals surface area (Å²) in [5.74, 6) is 0.0998. The second kappa shape index (κ2) is 6.24. The largest absolute Gasteiger partial charge is 0.307 e. The lowest BCUT2D eigenvalue weighted by molar-refractivity contribution is 0.501. The van der Waals surface area contributed by atoms with Crippen LogP contribution in [0.2, 0.25) is 10.0 Å². The van der Waals surface area contributed by atoms with Gasteiger partial charge in [-0.15, -0.1) is 0 Å². The summed E-state index contributed by atoms with van der Waals surface area (Å²) in [7, 11) is -2.98. The Labute approximate surface area is 118 Å². The molecule has 0 aliphatic rings. The highest BCUT2D eigenvalue weighted by molar-refractivity contribution is 7.90. The minimum atomic E-state index is -2.98. The van der Waals surface area contributed by atoms with Gasteiger partial charge in [0, 0.05) is 28.4 Å². The van der Waals surface area contributed by atoms with E-state index in [0.717, 1.165) is 5.56 Å². The van der Waals surface area contributed by atoms with Gasteiger partial charge in [-0.1, -0.05) is 29.3 Å². The lowest BCUT2D eigenvalue weighted by Gasteiger charge is -2.20. The maximum absolute atomic E-state index is 11.2. The van der Waals surface area contributed by atoms with E-state index in [9.17, 15) is 8.42 Å². The van der Waals surface area contributed by atoms with Crippen LogP contribution in [0.3, 0.4) is 0 Å². The van der Waals surface area contributed by atoms with Crippen molar-refractivity contribution in [3.63, 3.8) is 0 Å². The smallest absolute Gasteiger partial charge is 0.148 e. The first-order valence-corrected chi connectivity index (χ1v) is 8.39. The lowest BCUT2D eigenvalue weighted by atomic mass is 10.1. The van der Waals surface area contributed by atoms with Crippen molar-refractivity contribution in [3.05, 3.63) is 33.8 Å². The average molecular weight is 310 g/mol. The summed E-state index contributed by atoms with van der Waals surface area (Å²) in [5, 5.41) is 4.37. The molecule has 0 saturated heterocycles. The van der Waals surface area contributed by atoms with E-state index in [0.29, 0.717) is 10.0 Å². The van der Waals surface area contributed by atoms with Crippen molar-refractivity contribution in [2.24, 2.45) is 0 Å². The summed E-state index contributed by atoms with van der Waals surface area (Å²) in [6.45, 7) is 3.77. The van der Waals surface area contributed by atoms with E-state index in [1.807, 2.05) is 19.9 Å². The topological polar surface area (TPSA) is 46.2 Å². The van der Waals surface area contributed by atoms with E-state index in [1.54, 1.807) is 12.1 Å². The Balaban J connectivity index is 2.73. The number of halogens is 2. The van der Waals surface area contributed by atoms with Crippen LogP contribution in [0.5, 0.6) is 0 Å². The molecule has 102 valence electrons. The van der Waals surface area contributed by atoms with Crippen LogP contribution in [0.4, 0.5) is 0 Å². The van der Waals surface area contributed by atoms with Crippen molar-refractivity contribution in [1.29, 1.82) is 0 Å². The first-order chi connectivity index (χ1) is 8.19. The molecule has 1 N–H and O–H groups in total. The zero-order valence-electron chi connectivity index (χ0n) is 10.6. The molecule has 0 amide bonds. The van der Waals surface area contributed by atoms with Crippen LogP contribution in [0.1, 0.15) is 25.5 Å². The fourth-order valence-electron chi connectivity index (χ4n) is 1.87. The molecule has 1 rings (SSSR count). The van der Waals surface area contributed by atoms with E-state index < -0.39 is 9.84 Å². The molecule has 1 aromatic carbocycles. The summed E-state index contributed by atoms with van der Waals surface area (Å²) in [6.07, 6.45) is 1.23. The summed E-state index contributed by atoms with van der Waals surface area (Å²) in [6, 6.07) is 5.11. The molecule has 0 bridgehead atoms. The van der Waals surface area contributed by atoms with E-state index in [2.05, 4.69) is 5.32 Å². The van der Waals surface area contributed by atoms with Gasteiger partial charge in [-0.25, -0.2) is 8.42 Å². The number of benzene rings is 1. The number of sulfone groups is 1. The van der Waals surface area contributed by atoms with E-state index in [4.69, 9.17) is 23.2 Å². The lowest BCUT2D eigenvalue weighted by Crippen LogP contribution is -2.34. The molecule has 0 radical (unpaired) electrons. The number of rotatable bonds is 5. The summed E-state index contributed by atoms with van der Waals surface area (Å²) in [5.41, 5.74) is 0.904. The molecule has 0 aliphatic carbocycles. The zero-order chi connectivity index (χ0) is 13.9. The summed E-state index contributed by atoms with van der Waals surface area (Å²) in [4.78, 5) is 0. The van der Waals surface area contributed by atoms with Crippen molar-refractivity contribution in [3.8, 4) is 0 Å². The van der Waals surface area contributed by atoms with Gasteiger partial charge in [0.25, 0.3) is 0 Å². The predicted molar refractivity (Wildman–Crippen MR) is 77.2 cm³/mol. The van der Waals surface area contributed by atoms with Gasteiger partial charge in [-0.3, -0.25) is 0 Å². The Morgan fingerprint density at radius 2 is 1.89 bits per heavy atom. The molecule has 2 unspecified atom stereocenters. The van der Waals surface area contributed by atoms with Crippen molar-refractivity contribution < 1.29 is 8.42 Å². The first-order valence-electron chi connectivity index (χ1n) is 5.58. The molecule has 0 saturated carbocycles. The molecule has 1 aromatic rings. The Morgan fingerprint density at radius 1 is 1.28 bits per heavy atom. The molecule has 3 nitrogen and oxygen atoms in total. The van der Waals surface area contributed by atoms with E-state index in [1.165, 1.54) is 6.26 Å². The third-order valence-corrected chi connectivity index (χ3v) is 4.18. The molecule has 0 spiro atoms. The predicted octanol–water partition coefficient (Wildman–Crippen LogP) is 3.08. The third-order valence-electron chi connectivity index (χ3n) is 2.52. The van der Waals surface area contributed by atoms with Gasteiger partial charge >= 0.3 is 0 Å². The first kappa shape index (κ1) is 15.8. The van der Waals surface area contributed by atoms with Crippen molar-refractivity contribution in [2.45, 2.75) is 25.9 Å². The Hall–Kier alpha value is -0.290. The highest BCUT2D eigenvalue weighted by atomic mass is 35.5. The van der Waals surface area contributed by atoms with Crippen LogP contribution in [0.15, 0.2) is 18.2 Å². The standard InChI is InChI=1S/C12H17Cl2NO2S/c1-8(7-18(3,16)17)15-9(2)11-5-4-10(13)6-12(11)14/h4-6,8-9,15H,7H2,1-3H3. The molecular formula is C12H17Cl2NO2S. The highest BCUT2D eigenvalue weighted by Crippen LogP contribution is 2.26. The van der Waals surface area contributed by atoms with Gasteiger partial charge in [-0.05, 0) is 31.5 Å². The number of nitrogens with one attached hydrogen (secondary N) is 1. The van der Waals surface area contributed by atoms with Crippen molar-refractivity contribution in [1.82, 2.24) is 5.32 Å². The molecule has 0 aromatic heterocycles. The van der Waals surface area contributed by atoms with Gasteiger partial charge in [-0.2, -0.15) is 0 Å². The fraction of sp³-hybridized carbons (Fsp3) is 0.500. The Bertz CT molecular complexity index is 517. The molecule has 18 heavy (non-hydrogen) atoms. The maximum Gasteiger partial charge on any atom is 0.148 e. The van der Waals surface area contributed by atoms with Crippen LogP contribution in [0.25, 0.3) is 0 Å². The number of hydrogen-bond acceptors (Lipinski definition) is 3. The van der Waals surface area contributed by atoms with Gasteiger partial charge < -0.3 is 5.32 Å². The van der Waals surface area contributed by atoms with Crippen LogP contribution in [-0.4, -0.2) is 26.5 Å². The minimum Gasteiger partial charge on any atom is -0.307 e. The van der Waals surface area contributed by atoms with Gasteiger partial charge in [0.2, 0.25) is 0 Å². The number of hydrogen-bond donors (Lipinski definition) is 1. The quantitative estimate of drug-likeness (QED) is 0.909.